The van der Waals surface area contributed by atoms with Gasteiger partial charge in [-0.2, -0.15) is 0 Å². The van der Waals surface area contributed by atoms with E-state index in [1.807, 2.05) is 0 Å². The molecule has 2 rings (SSSR count). The van der Waals surface area contributed by atoms with E-state index in [0.717, 1.165) is 32.1 Å². The first-order chi connectivity index (χ1) is 10.1. The lowest BCUT2D eigenvalue weighted by atomic mass is 9.75. The second-order valence-corrected chi connectivity index (χ2v) is 5.81. The molecule has 0 spiro atoms. The highest BCUT2D eigenvalue weighted by atomic mass is 19.3. The lowest BCUT2D eigenvalue weighted by molar-refractivity contribution is 0.143. The third-order valence-electron chi connectivity index (χ3n) is 4.69. The maximum absolute atomic E-state index is 13.3. The Balaban J connectivity index is 2.17. The number of nitrogens with two attached hydrogens (primary N) is 1. The number of methoxy groups -OCH3 is 1. The number of pyridine rings is 1. The Labute approximate surface area is 124 Å². The van der Waals surface area contributed by atoms with Gasteiger partial charge < -0.3 is 10.5 Å². The molecule has 0 aliphatic heterocycles. The van der Waals surface area contributed by atoms with E-state index in [1.54, 1.807) is 12.3 Å². The van der Waals surface area contributed by atoms with Crippen LogP contribution < -0.4 is 10.5 Å². The highest BCUT2D eigenvalue weighted by Gasteiger charge is 2.30. The molecule has 0 saturated heterocycles. The van der Waals surface area contributed by atoms with Crippen LogP contribution in [0.15, 0.2) is 12.3 Å². The van der Waals surface area contributed by atoms with Gasteiger partial charge in [-0.05, 0) is 55.6 Å². The first-order valence-corrected chi connectivity index (χ1v) is 7.64. The number of rotatable bonds is 5. The summed E-state index contributed by atoms with van der Waals surface area (Å²) in [5.74, 6) is 0.728. The smallest absolute Gasteiger partial charge is 0.269 e. The minimum atomic E-state index is -2.56. The SMILES string of the molecule is CCC(N)C1CCC(c2ccnc(OC)c2C(F)F)CC1. The van der Waals surface area contributed by atoms with E-state index >= 15 is 0 Å². The Hall–Kier alpha value is -1.23. The molecular formula is C16H24F2N2O. The fourth-order valence-electron chi connectivity index (χ4n) is 3.40. The Morgan fingerprint density at radius 2 is 2.00 bits per heavy atom. The summed E-state index contributed by atoms with van der Waals surface area (Å²) in [4.78, 5) is 3.91. The number of halogens is 2. The van der Waals surface area contributed by atoms with Gasteiger partial charge >= 0.3 is 0 Å². The van der Waals surface area contributed by atoms with Crippen LogP contribution in [0.4, 0.5) is 8.78 Å². The molecule has 0 aromatic carbocycles. The van der Waals surface area contributed by atoms with Gasteiger partial charge in [0.25, 0.3) is 6.43 Å². The van der Waals surface area contributed by atoms with Gasteiger partial charge in [-0.15, -0.1) is 0 Å². The number of nitrogens with zero attached hydrogens (tertiary/aromatic N) is 1. The van der Waals surface area contributed by atoms with Gasteiger partial charge in [-0.3, -0.25) is 0 Å². The summed E-state index contributed by atoms with van der Waals surface area (Å²) >= 11 is 0. The normalized spacial score (nSPS) is 24.1. The molecule has 0 bridgehead atoms. The van der Waals surface area contributed by atoms with Gasteiger partial charge in [0, 0.05) is 12.2 Å². The van der Waals surface area contributed by atoms with Crippen LogP contribution in [-0.2, 0) is 0 Å². The van der Waals surface area contributed by atoms with Crippen molar-refractivity contribution in [1.82, 2.24) is 4.98 Å². The molecule has 3 nitrogen and oxygen atoms in total. The van der Waals surface area contributed by atoms with Crippen molar-refractivity contribution >= 4 is 0 Å². The molecule has 1 aliphatic carbocycles. The summed E-state index contributed by atoms with van der Waals surface area (Å²) < 4.78 is 31.7. The third kappa shape index (κ3) is 3.51. The Morgan fingerprint density at radius 1 is 1.33 bits per heavy atom. The molecule has 5 heteroatoms. The zero-order valence-corrected chi connectivity index (χ0v) is 12.7. The van der Waals surface area contributed by atoms with Crippen LogP contribution in [0.2, 0.25) is 0 Å². The monoisotopic (exact) mass is 298 g/mol. The highest BCUT2D eigenvalue weighted by Crippen LogP contribution is 2.42. The summed E-state index contributed by atoms with van der Waals surface area (Å²) in [6, 6.07) is 1.95. The summed E-state index contributed by atoms with van der Waals surface area (Å²) in [6.45, 7) is 2.10. The minimum Gasteiger partial charge on any atom is -0.481 e. The lowest BCUT2D eigenvalue weighted by Crippen LogP contribution is -2.32. The molecule has 1 aliphatic rings. The van der Waals surface area contributed by atoms with Gasteiger partial charge in [-0.1, -0.05) is 6.92 Å². The zero-order valence-electron chi connectivity index (χ0n) is 12.7. The van der Waals surface area contributed by atoms with E-state index in [4.69, 9.17) is 10.5 Å². The molecule has 0 radical (unpaired) electrons. The molecule has 1 aromatic heterocycles. The fraction of sp³-hybridized carbons (Fsp3) is 0.688. The first kappa shape index (κ1) is 16.1. The summed E-state index contributed by atoms with van der Waals surface area (Å²) in [5.41, 5.74) is 6.76. The zero-order chi connectivity index (χ0) is 15.4. The molecular weight excluding hydrogens is 274 g/mol. The van der Waals surface area contributed by atoms with Gasteiger partial charge in [0.15, 0.2) is 0 Å². The quantitative estimate of drug-likeness (QED) is 0.892. The van der Waals surface area contributed by atoms with Crippen molar-refractivity contribution in [2.45, 2.75) is 57.4 Å². The lowest BCUT2D eigenvalue weighted by Gasteiger charge is -2.32. The van der Waals surface area contributed by atoms with Gasteiger partial charge in [0.1, 0.15) is 0 Å². The van der Waals surface area contributed by atoms with Crippen molar-refractivity contribution in [3.63, 3.8) is 0 Å². The number of ether oxygens (including phenoxy) is 1. The van der Waals surface area contributed by atoms with Crippen molar-refractivity contribution in [3.05, 3.63) is 23.4 Å². The Kier molecular flexibility index (Phi) is 5.51. The van der Waals surface area contributed by atoms with Gasteiger partial charge in [0.2, 0.25) is 5.88 Å². The van der Waals surface area contributed by atoms with Crippen LogP contribution in [0.5, 0.6) is 5.88 Å². The Bertz CT molecular complexity index is 460. The van der Waals surface area contributed by atoms with E-state index in [1.165, 1.54) is 7.11 Å². The van der Waals surface area contributed by atoms with E-state index in [-0.39, 0.29) is 23.4 Å². The van der Waals surface area contributed by atoms with Crippen molar-refractivity contribution in [2.75, 3.05) is 7.11 Å². The fourth-order valence-corrected chi connectivity index (χ4v) is 3.40. The van der Waals surface area contributed by atoms with Crippen LogP contribution in [0.25, 0.3) is 0 Å². The second kappa shape index (κ2) is 7.16. The summed E-state index contributed by atoms with van der Waals surface area (Å²) in [7, 11) is 1.38. The first-order valence-electron chi connectivity index (χ1n) is 7.64. The molecule has 0 amide bonds. The van der Waals surface area contributed by atoms with Crippen LogP contribution in [0, 0.1) is 5.92 Å². The second-order valence-electron chi connectivity index (χ2n) is 5.81. The molecule has 1 aromatic rings. The minimum absolute atomic E-state index is 0.0387. The molecule has 1 saturated carbocycles. The van der Waals surface area contributed by atoms with Crippen molar-refractivity contribution < 1.29 is 13.5 Å². The predicted octanol–water partition coefficient (Wildman–Crippen LogP) is 4.04. The summed E-state index contributed by atoms with van der Waals surface area (Å²) in [5, 5.41) is 0. The van der Waals surface area contributed by atoms with E-state index < -0.39 is 6.43 Å². The topological polar surface area (TPSA) is 48.1 Å². The Morgan fingerprint density at radius 3 is 2.52 bits per heavy atom. The van der Waals surface area contributed by atoms with E-state index in [9.17, 15) is 8.78 Å². The molecule has 1 atom stereocenters. The van der Waals surface area contributed by atoms with Gasteiger partial charge in [0.05, 0.1) is 12.7 Å². The molecule has 118 valence electrons. The van der Waals surface area contributed by atoms with Crippen LogP contribution in [0.3, 0.4) is 0 Å². The number of hydrogen-bond acceptors (Lipinski definition) is 3. The standard InChI is InChI=1S/C16H24F2N2O/c1-3-13(19)11-6-4-10(5-7-11)12-8-9-20-16(21-2)14(12)15(17)18/h8-11,13,15H,3-7,19H2,1-2H3. The molecule has 1 unspecified atom stereocenters. The average Bonchev–Trinajstić information content (AvgIpc) is 2.53. The van der Waals surface area contributed by atoms with Crippen LogP contribution >= 0.6 is 0 Å². The number of aromatic nitrogens is 1. The summed E-state index contributed by atoms with van der Waals surface area (Å²) in [6.07, 6.45) is 3.81. The number of hydrogen-bond donors (Lipinski definition) is 1. The van der Waals surface area contributed by atoms with Crippen molar-refractivity contribution in [1.29, 1.82) is 0 Å². The largest absolute Gasteiger partial charge is 0.481 e. The molecule has 1 heterocycles. The van der Waals surface area contributed by atoms with Crippen molar-refractivity contribution in [3.8, 4) is 5.88 Å². The molecule has 21 heavy (non-hydrogen) atoms. The van der Waals surface area contributed by atoms with Gasteiger partial charge in [-0.25, -0.2) is 13.8 Å². The van der Waals surface area contributed by atoms with Crippen LogP contribution in [0.1, 0.15) is 62.5 Å². The molecule has 1 fully saturated rings. The van der Waals surface area contributed by atoms with Crippen LogP contribution in [-0.4, -0.2) is 18.1 Å². The highest BCUT2D eigenvalue weighted by molar-refractivity contribution is 5.38. The third-order valence-corrected chi connectivity index (χ3v) is 4.69. The van der Waals surface area contributed by atoms with E-state index in [2.05, 4.69) is 11.9 Å². The maximum Gasteiger partial charge on any atom is 0.269 e. The molecule has 2 N–H and O–H groups in total. The van der Waals surface area contributed by atoms with E-state index in [0.29, 0.717) is 11.5 Å². The maximum atomic E-state index is 13.3. The number of alkyl halides is 2. The average molecular weight is 298 g/mol. The predicted molar refractivity (Wildman–Crippen MR) is 78.7 cm³/mol. The van der Waals surface area contributed by atoms with Crippen molar-refractivity contribution in [2.24, 2.45) is 11.7 Å².